The molecule has 2 aromatic heterocycles. The average Bonchev–Trinajstić information content (AvgIpc) is 3.23. The number of carbonyl (C=O) groups excluding carboxylic acids is 1. The number of carbonyl (C=O) groups is 1. The maximum atomic E-state index is 12.9. The van der Waals surface area contributed by atoms with Gasteiger partial charge in [-0.25, -0.2) is 4.98 Å². The van der Waals surface area contributed by atoms with Crippen molar-refractivity contribution in [1.29, 1.82) is 0 Å². The van der Waals surface area contributed by atoms with Gasteiger partial charge in [0, 0.05) is 25.8 Å². The van der Waals surface area contributed by atoms with Gasteiger partial charge >= 0.3 is 0 Å². The lowest BCUT2D eigenvalue weighted by Crippen LogP contribution is -2.44. The quantitative estimate of drug-likeness (QED) is 0.912. The zero-order valence-corrected chi connectivity index (χ0v) is 14.7. The van der Waals surface area contributed by atoms with Crippen LogP contribution in [0.15, 0.2) is 24.4 Å². The van der Waals surface area contributed by atoms with E-state index in [1.165, 1.54) is 17.8 Å². The highest BCUT2D eigenvalue weighted by Gasteiger charge is 2.38. The number of hydrogen-bond donors (Lipinski definition) is 1. The minimum absolute atomic E-state index is 0.132. The molecule has 126 valence electrons. The average molecular weight is 342 g/mol. The zero-order chi connectivity index (χ0) is 16.6. The Morgan fingerprint density at radius 1 is 1.29 bits per heavy atom. The van der Waals surface area contributed by atoms with Gasteiger partial charge in [0.05, 0.1) is 11.4 Å². The molecule has 4 rings (SSSR count). The fraction of sp³-hybridized carbons (Fsp3) is 0.500. The van der Waals surface area contributed by atoms with Crippen LogP contribution in [0.3, 0.4) is 0 Å². The first kappa shape index (κ1) is 15.7. The van der Waals surface area contributed by atoms with Gasteiger partial charge in [0.25, 0.3) is 5.91 Å². The summed E-state index contributed by atoms with van der Waals surface area (Å²) >= 11 is 1.46. The summed E-state index contributed by atoms with van der Waals surface area (Å²) in [4.78, 5) is 24.6. The summed E-state index contributed by atoms with van der Waals surface area (Å²) < 4.78 is 0. The number of hydrogen-bond acceptors (Lipinski definition) is 5. The van der Waals surface area contributed by atoms with E-state index in [1.807, 2.05) is 30.0 Å². The Labute approximate surface area is 146 Å². The van der Waals surface area contributed by atoms with E-state index in [0.29, 0.717) is 5.41 Å². The number of pyridine rings is 1. The van der Waals surface area contributed by atoms with Gasteiger partial charge < -0.3 is 10.2 Å². The van der Waals surface area contributed by atoms with E-state index in [4.69, 9.17) is 0 Å². The summed E-state index contributed by atoms with van der Waals surface area (Å²) in [6.45, 7) is 5.86. The van der Waals surface area contributed by atoms with Gasteiger partial charge in [0.15, 0.2) is 0 Å². The van der Waals surface area contributed by atoms with Crippen molar-refractivity contribution < 1.29 is 4.79 Å². The Morgan fingerprint density at radius 2 is 2.12 bits per heavy atom. The monoisotopic (exact) mass is 342 g/mol. The number of nitrogens with zero attached hydrogens (tertiary/aromatic N) is 3. The highest BCUT2D eigenvalue weighted by Crippen LogP contribution is 2.38. The highest BCUT2D eigenvalue weighted by atomic mass is 32.1. The van der Waals surface area contributed by atoms with Crippen LogP contribution >= 0.6 is 11.3 Å². The molecule has 1 amide bonds. The van der Waals surface area contributed by atoms with E-state index in [9.17, 15) is 4.79 Å². The summed E-state index contributed by atoms with van der Waals surface area (Å²) in [5, 5.41) is 4.29. The second-order valence-electron chi connectivity index (χ2n) is 6.87. The van der Waals surface area contributed by atoms with E-state index in [2.05, 4.69) is 15.3 Å². The van der Waals surface area contributed by atoms with E-state index in [-0.39, 0.29) is 5.91 Å². The molecule has 2 saturated heterocycles. The van der Waals surface area contributed by atoms with Crippen molar-refractivity contribution in [2.45, 2.75) is 26.2 Å². The molecule has 4 heterocycles. The topological polar surface area (TPSA) is 58.1 Å². The third-order valence-corrected chi connectivity index (χ3v) is 6.49. The van der Waals surface area contributed by atoms with Crippen LogP contribution in [0.4, 0.5) is 0 Å². The van der Waals surface area contributed by atoms with E-state index >= 15 is 0 Å². The lowest BCUT2D eigenvalue weighted by molar-refractivity contribution is 0.0611. The second-order valence-corrected chi connectivity index (χ2v) is 7.87. The number of aryl methyl sites for hydroxylation is 1. The zero-order valence-electron chi connectivity index (χ0n) is 13.9. The molecular formula is C18H22N4OS. The molecule has 0 atom stereocenters. The van der Waals surface area contributed by atoms with Crippen LogP contribution < -0.4 is 5.32 Å². The van der Waals surface area contributed by atoms with Crippen molar-refractivity contribution in [3.63, 3.8) is 0 Å². The summed E-state index contributed by atoms with van der Waals surface area (Å²) in [6.07, 6.45) is 5.22. The minimum atomic E-state index is 0.132. The standard InChI is InChI=1S/C18H22N4OS/c1-13-15(24-16(21-13)14-4-2-3-8-20-14)17(23)22-10-6-18(7-11-22)5-9-19-12-18/h2-4,8,19H,5-7,9-12H2,1H3. The van der Waals surface area contributed by atoms with Crippen LogP contribution in [0.5, 0.6) is 0 Å². The van der Waals surface area contributed by atoms with Gasteiger partial charge in [-0.15, -0.1) is 11.3 Å². The van der Waals surface area contributed by atoms with Crippen molar-refractivity contribution in [2.75, 3.05) is 26.2 Å². The third kappa shape index (κ3) is 2.84. The molecule has 0 saturated carbocycles. The number of likely N-dealkylation sites (tertiary alicyclic amines) is 1. The van der Waals surface area contributed by atoms with Crippen molar-refractivity contribution >= 4 is 17.2 Å². The summed E-state index contributed by atoms with van der Waals surface area (Å²) in [5.41, 5.74) is 2.08. The van der Waals surface area contributed by atoms with Crippen molar-refractivity contribution in [3.05, 3.63) is 35.0 Å². The minimum Gasteiger partial charge on any atom is -0.338 e. The van der Waals surface area contributed by atoms with Crippen LogP contribution in [0.25, 0.3) is 10.7 Å². The molecule has 0 aromatic carbocycles. The Bertz CT molecular complexity index is 727. The number of amides is 1. The third-order valence-electron chi connectivity index (χ3n) is 5.32. The van der Waals surface area contributed by atoms with E-state index in [0.717, 1.165) is 60.3 Å². The predicted octanol–water partition coefficient (Wildman–Crippen LogP) is 2.73. The van der Waals surface area contributed by atoms with Crippen LogP contribution in [0, 0.1) is 12.3 Å². The lowest BCUT2D eigenvalue weighted by atomic mass is 9.78. The molecule has 0 radical (unpaired) electrons. The highest BCUT2D eigenvalue weighted by molar-refractivity contribution is 7.17. The van der Waals surface area contributed by atoms with Crippen LogP contribution in [-0.2, 0) is 0 Å². The second kappa shape index (κ2) is 6.26. The van der Waals surface area contributed by atoms with Crippen molar-refractivity contribution in [3.8, 4) is 10.7 Å². The molecule has 5 nitrogen and oxygen atoms in total. The lowest BCUT2D eigenvalue weighted by Gasteiger charge is -2.38. The summed E-state index contributed by atoms with van der Waals surface area (Å²) in [5.74, 6) is 0.132. The van der Waals surface area contributed by atoms with Gasteiger partial charge in [0.2, 0.25) is 0 Å². The predicted molar refractivity (Wildman–Crippen MR) is 95.1 cm³/mol. The Kier molecular flexibility index (Phi) is 4.10. The molecule has 0 bridgehead atoms. The molecule has 2 fully saturated rings. The normalized spacial score (nSPS) is 19.8. The number of thiazole rings is 1. The van der Waals surface area contributed by atoms with Crippen LogP contribution in [-0.4, -0.2) is 47.0 Å². The molecular weight excluding hydrogens is 320 g/mol. The number of piperidine rings is 1. The smallest absolute Gasteiger partial charge is 0.265 e. The maximum absolute atomic E-state index is 12.9. The summed E-state index contributed by atoms with van der Waals surface area (Å²) in [7, 11) is 0. The maximum Gasteiger partial charge on any atom is 0.265 e. The van der Waals surface area contributed by atoms with Crippen LogP contribution in [0.2, 0.25) is 0 Å². The number of nitrogens with one attached hydrogen (secondary N) is 1. The Morgan fingerprint density at radius 3 is 2.79 bits per heavy atom. The van der Waals surface area contributed by atoms with Gasteiger partial charge in [-0.2, -0.15) is 0 Å². The fourth-order valence-corrected chi connectivity index (χ4v) is 4.75. The number of rotatable bonds is 2. The van der Waals surface area contributed by atoms with Crippen molar-refractivity contribution in [2.24, 2.45) is 5.41 Å². The molecule has 2 aromatic rings. The largest absolute Gasteiger partial charge is 0.338 e. The number of aromatic nitrogens is 2. The Hall–Kier alpha value is -1.79. The van der Waals surface area contributed by atoms with Gasteiger partial charge in [0.1, 0.15) is 9.88 Å². The first-order chi connectivity index (χ1) is 11.7. The molecule has 2 aliphatic heterocycles. The molecule has 6 heteroatoms. The molecule has 24 heavy (non-hydrogen) atoms. The van der Waals surface area contributed by atoms with Gasteiger partial charge in [-0.1, -0.05) is 6.07 Å². The molecule has 1 spiro atoms. The first-order valence-corrected chi connectivity index (χ1v) is 9.37. The fourth-order valence-electron chi connectivity index (χ4n) is 3.74. The van der Waals surface area contributed by atoms with Gasteiger partial charge in [-0.3, -0.25) is 9.78 Å². The van der Waals surface area contributed by atoms with Crippen LogP contribution in [0.1, 0.15) is 34.6 Å². The Balaban J connectivity index is 1.50. The first-order valence-electron chi connectivity index (χ1n) is 8.56. The van der Waals surface area contributed by atoms with Gasteiger partial charge in [-0.05, 0) is 50.3 Å². The van der Waals surface area contributed by atoms with Crippen molar-refractivity contribution in [1.82, 2.24) is 20.2 Å². The summed E-state index contributed by atoms with van der Waals surface area (Å²) in [6, 6.07) is 5.77. The van der Waals surface area contributed by atoms with E-state index < -0.39 is 0 Å². The SMILES string of the molecule is Cc1nc(-c2ccccn2)sc1C(=O)N1CCC2(CCNC2)CC1. The molecule has 1 N–H and O–H groups in total. The van der Waals surface area contributed by atoms with E-state index in [1.54, 1.807) is 6.20 Å². The molecule has 2 aliphatic rings. The molecule has 0 aliphatic carbocycles. The molecule has 0 unspecified atom stereocenters.